The smallest absolute Gasteiger partial charge is 0.519 e. The van der Waals surface area contributed by atoms with E-state index in [1.54, 1.807) is 12.1 Å². The molecule has 0 unspecified atom stereocenters. The van der Waals surface area contributed by atoms with E-state index in [1.165, 1.54) is 0 Å². The predicted octanol–water partition coefficient (Wildman–Crippen LogP) is 0.323. The van der Waals surface area contributed by atoms with Gasteiger partial charge in [-0.2, -0.15) is 23.7 Å². The molecule has 0 bridgehead atoms. The Kier molecular flexibility index (Phi) is 7.27. The monoisotopic (exact) mass is 190 g/mol. The van der Waals surface area contributed by atoms with Crippen LogP contribution >= 0.6 is 11.6 Å². The molecule has 1 rings (SSSR count). The topological polar surface area (TPSA) is 9.23 Å². The molecule has 0 saturated heterocycles. The maximum absolute atomic E-state index is 5.69. The number of hydrogen-bond donors (Lipinski definition) is 0. The van der Waals surface area contributed by atoms with Crippen molar-refractivity contribution in [1.29, 1.82) is 0 Å². The van der Waals surface area contributed by atoms with Crippen molar-refractivity contribution in [3.63, 3.8) is 0 Å². The number of unbranched alkanes of at least 4 members (excludes halogenated alkanes) is 1. The number of benzene rings is 1. The zero-order valence-electron chi connectivity index (χ0n) is 8.14. The van der Waals surface area contributed by atoms with Gasteiger partial charge in [-0.15, -0.1) is 12.1 Å². The molecule has 0 N–H and O–H groups in total. The van der Waals surface area contributed by atoms with Gasteiger partial charge in [0, 0.05) is 5.75 Å². The van der Waals surface area contributed by atoms with Crippen LogP contribution in [0, 0.1) is 6.07 Å². The fraction of sp³-hybridized carbons (Fsp3) is 0.400. The second-order valence-electron chi connectivity index (χ2n) is 2.57. The Morgan fingerprint density at radius 1 is 1.46 bits per heavy atom. The quantitative estimate of drug-likeness (QED) is 0.378. The van der Waals surface area contributed by atoms with Gasteiger partial charge in [0.1, 0.15) is 0 Å². The molecule has 0 aliphatic carbocycles. The molecule has 0 aromatic heterocycles. The maximum atomic E-state index is 5.69. The molecule has 0 aliphatic rings. The van der Waals surface area contributed by atoms with Gasteiger partial charge < -0.3 is 4.74 Å². The van der Waals surface area contributed by atoms with Crippen LogP contribution in [0.25, 0.3) is 0 Å². The molecule has 0 fully saturated rings. The molecule has 66 valence electrons. The summed E-state index contributed by atoms with van der Waals surface area (Å²) in [5, 5.41) is 0.692. The van der Waals surface area contributed by atoms with Crippen LogP contribution in [0.3, 0.4) is 0 Å². The minimum atomic E-state index is 0. The molecule has 1 nitrogen and oxygen atoms in total. The summed E-state index contributed by atoms with van der Waals surface area (Å²) < 4.78 is 5.39. The summed E-state index contributed by atoms with van der Waals surface area (Å²) in [6, 6.07) is 8.29. The first-order chi connectivity index (χ1) is 5.83. The van der Waals surface area contributed by atoms with Gasteiger partial charge in [-0.3, -0.25) is 0 Å². The van der Waals surface area contributed by atoms with Crippen molar-refractivity contribution in [3.8, 4) is 5.75 Å². The maximum Gasteiger partial charge on any atom is 1.00 e. The average molecular weight is 191 g/mol. The summed E-state index contributed by atoms with van der Waals surface area (Å²) in [6.45, 7) is 2.89. The van der Waals surface area contributed by atoms with E-state index in [0.717, 1.165) is 25.2 Å². The average Bonchev–Trinajstić information content (AvgIpc) is 2.09. The van der Waals surface area contributed by atoms with Crippen LogP contribution in [-0.2, 0) is 0 Å². The molecule has 0 atom stereocenters. The summed E-state index contributed by atoms with van der Waals surface area (Å²) in [7, 11) is 0. The Hall–Kier alpha value is -0.0926. The molecular formula is C10H12ClLiO. The molecule has 0 spiro atoms. The second kappa shape index (κ2) is 7.32. The number of halogens is 1. The van der Waals surface area contributed by atoms with E-state index in [0.29, 0.717) is 5.02 Å². The molecule has 0 aliphatic heterocycles. The van der Waals surface area contributed by atoms with Gasteiger partial charge in [0.25, 0.3) is 0 Å². The van der Waals surface area contributed by atoms with Crippen molar-refractivity contribution in [1.82, 2.24) is 0 Å². The fourth-order valence-electron chi connectivity index (χ4n) is 0.808. The van der Waals surface area contributed by atoms with Gasteiger partial charge in [0.2, 0.25) is 0 Å². The normalized spacial score (nSPS) is 9.08. The van der Waals surface area contributed by atoms with E-state index in [1.807, 2.05) is 6.07 Å². The van der Waals surface area contributed by atoms with Gasteiger partial charge in [0.15, 0.2) is 0 Å². The van der Waals surface area contributed by atoms with E-state index < -0.39 is 0 Å². The Morgan fingerprint density at radius 2 is 2.23 bits per heavy atom. The van der Waals surface area contributed by atoms with Gasteiger partial charge in [-0.1, -0.05) is 18.4 Å². The summed E-state index contributed by atoms with van der Waals surface area (Å²) in [6.07, 6.45) is 2.23. The first-order valence-corrected chi connectivity index (χ1v) is 4.50. The largest absolute Gasteiger partial charge is 1.00 e. The van der Waals surface area contributed by atoms with Crippen LogP contribution in [-0.4, -0.2) is 6.61 Å². The van der Waals surface area contributed by atoms with Crippen LogP contribution in [0.15, 0.2) is 18.2 Å². The molecular weight excluding hydrogens is 179 g/mol. The van der Waals surface area contributed by atoms with E-state index in [4.69, 9.17) is 16.3 Å². The first kappa shape index (κ1) is 12.9. The van der Waals surface area contributed by atoms with Gasteiger partial charge in [0.05, 0.1) is 6.61 Å². The van der Waals surface area contributed by atoms with Crippen molar-refractivity contribution in [3.05, 3.63) is 29.3 Å². The molecule has 1 aromatic rings. The summed E-state index contributed by atoms with van der Waals surface area (Å²) in [5.74, 6) is 0.771. The standard InChI is InChI=1S/C10H12ClO.Li/c1-2-3-8-12-10-6-4-9(11)5-7-10;/h4-6H,2-3,8H2,1H3;/q-1;+1. The fourth-order valence-corrected chi connectivity index (χ4v) is 0.925. The van der Waals surface area contributed by atoms with Crippen LogP contribution in [0.1, 0.15) is 19.8 Å². The first-order valence-electron chi connectivity index (χ1n) is 4.13. The second-order valence-corrected chi connectivity index (χ2v) is 3.01. The third kappa shape index (κ3) is 5.26. The number of rotatable bonds is 4. The summed E-state index contributed by atoms with van der Waals surface area (Å²) in [5.41, 5.74) is 0. The van der Waals surface area contributed by atoms with E-state index >= 15 is 0 Å². The molecule has 3 heteroatoms. The van der Waals surface area contributed by atoms with E-state index in [2.05, 4.69) is 13.0 Å². The third-order valence-corrected chi connectivity index (χ3v) is 1.74. The Bertz CT molecular complexity index is 223. The van der Waals surface area contributed by atoms with Crippen LogP contribution in [0.4, 0.5) is 0 Å². The van der Waals surface area contributed by atoms with Crippen LogP contribution < -0.4 is 23.6 Å². The molecule has 0 saturated carbocycles. The minimum absolute atomic E-state index is 0. The number of hydrogen-bond acceptors (Lipinski definition) is 1. The third-order valence-electron chi connectivity index (χ3n) is 1.50. The summed E-state index contributed by atoms with van der Waals surface area (Å²) in [4.78, 5) is 0. The van der Waals surface area contributed by atoms with Gasteiger partial charge in [-0.05, 0) is 6.42 Å². The van der Waals surface area contributed by atoms with Crippen molar-refractivity contribution < 1.29 is 23.6 Å². The van der Waals surface area contributed by atoms with E-state index in [9.17, 15) is 0 Å². The Labute approximate surface area is 96.6 Å². The summed E-state index contributed by atoms with van der Waals surface area (Å²) >= 11 is 5.69. The zero-order valence-corrected chi connectivity index (χ0v) is 8.90. The molecule has 0 radical (unpaired) electrons. The van der Waals surface area contributed by atoms with Crippen LogP contribution in [0.5, 0.6) is 5.75 Å². The zero-order chi connectivity index (χ0) is 8.81. The predicted molar refractivity (Wildman–Crippen MR) is 50.7 cm³/mol. The Balaban J connectivity index is 0.00000144. The van der Waals surface area contributed by atoms with Gasteiger partial charge in [-0.25, -0.2) is 0 Å². The van der Waals surface area contributed by atoms with Crippen molar-refractivity contribution in [2.45, 2.75) is 19.8 Å². The van der Waals surface area contributed by atoms with Crippen LogP contribution in [0.2, 0.25) is 5.02 Å². The molecule has 1 aromatic carbocycles. The molecule has 0 heterocycles. The van der Waals surface area contributed by atoms with Gasteiger partial charge >= 0.3 is 18.9 Å². The number of ether oxygens (including phenoxy) is 1. The minimum Gasteiger partial charge on any atom is -0.519 e. The van der Waals surface area contributed by atoms with Crippen molar-refractivity contribution in [2.75, 3.05) is 6.61 Å². The molecule has 0 amide bonds. The van der Waals surface area contributed by atoms with Crippen molar-refractivity contribution >= 4 is 11.6 Å². The van der Waals surface area contributed by atoms with Crippen molar-refractivity contribution in [2.24, 2.45) is 0 Å². The molecule has 13 heavy (non-hydrogen) atoms. The van der Waals surface area contributed by atoms with E-state index in [-0.39, 0.29) is 18.9 Å². The SMILES string of the molecule is CCCCOc1[c-]cc(Cl)cc1.[Li+]. The Morgan fingerprint density at radius 3 is 2.77 bits per heavy atom.